The van der Waals surface area contributed by atoms with Gasteiger partial charge in [0.25, 0.3) is 5.91 Å². The summed E-state index contributed by atoms with van der Waals surface area (Å²) in [5, 5.41) is 20.5. The van der Waals surface area contributed by atoms with Gasteiger partial charge in [-0.1, -0.05) is 17.7 Å². The number of halogens is 6. The van der Waals surface area contributed by atoms with Crippen molar-refractivity contribution in [2.24, 2.45) is 0 Å². The lowest BCUT2D eigenvalue weighted by molar-refractivity contribution is -0.258. The van der Waals surface area contributed by atoms with Crippen LogP contribution in [0.3, 0.4) is 0 Å². The van der Waals surface area contributed by atoms with E-state index in [0.717, 1.165) is 54.1 Å². The van der Waals surface area contributed by atoms with E-state index in [9.17, 15) is 36.6 Å². The Morgan fingerprint density at radius 3 is 2.54 bits per heavy atom. The molecular weight excluding hydrogens is 657 g/mol. The molecule has 0 bridgehead atoms. The molecule has 0 spiro atoms. The molecule has 0 saturated carbocycles. The average molecular weight is 680 g/mol. The molecule has 2 atom stereocenters. The van der Waals surface area contributed by atoms with E-state index in [1.807, 2.05) is 24.3 Å². The normalized spacial score (nSPS) is 19.6. The van der Waals surface area contributed by atoms with Crippen molar-refractivity contribution in [3.05, 3.63) is 112 Å². The van der Waals surface area contributed by atoms with Crippen LogP contribution >= 0.6 is 11.6 Å². The monoisotopic (exact) mass is 679 g/mol. The first-order chi connectivity index (χ1) is 22.8. The molecule has 5 aromatic rings. The first-order valence-electron chi connectivity index (χ1n) is 14.8. The third-order valence-electron chi connectivity index (χ3n) is 9.17. The van der Waals surface area contributed by atoms with Crippen molar-refractivity contribution in [2.75, 3.05) is 28.6 Å². The Kier molecular flexibility index (Phi) is 6.56. The molecule has 0 saturated heterocycles. The lowest BCUT2D eigenvalue weighted by Gasteiger charge is -2.27. The van der Waals surface area contributed by atoms with Crippen LogP contribution in [0.25, 0.3) is 22.0 Å². The maximum Gasteiger partial charge on any atom is 0.423 e. The standard InChI is InChI=1S/C34H23ClF5N5O3/c35-24-4-2-19(36)13-21(24)30-29-22(31(46)43-30)10-17(16-1-5-26-18(9-16)12-28-41-7-8-44(26)28)11-25(29)42-32(47)45-15-33(48,34(38,39)40)23-14-20(37)3-6-27(23)45/h1-6,9-14,30,41,48H,7-8,15H2,(H,42,47)(H,43,46). The number of nitrogens with one attached hydrogen (secondary N) is 3. The van der Waals surface area contributed by atoms with E-state index in [1.54, 1.807) is 12.1 Å². The van der Waals surface area contributed by atoms with Gasteiger partial charge in [-0.3, -0.25) is 9.69 Å². The number of aliphatic hydroxyl groups is 1. The Bertz CT molecular complexity index is 2220. The zero-order valence-electron chi connectivity index (χ0n) is 24.6. The van der Waals surface area contributed by atoms with Gasteiger partial charge in [-0.05, 0) is 77.9 Å². The molecule has 3 amide bonds. The minimum atomic E-state index is -5.24. The van der Waals surface area contributed by atoms with Gasteiger partial charge in [0.1, 0.15) is 17.5 Å². The smallest absolute Gasteiger partial charge is 0.375 e. The Morgan fingerprint density at radius 1 is 0.979 bits per heavy atom. The quantitative estimate of drug-likeness (QED) is 0.151. The van der Waals surface area contributed by atoms with E-state index in [0.29, 0.717) is 22.1 Å². The Morgan fingerprint density at radius 2 is 1.75 bits per heavy atom. The number of alkyl halides is 3. The summed E-state index contributed by atoms with van der Waals surface area (Å²) in [4.78, 5) is 28.0. The van der Waals surface area contributed by atoms with E-state index in [1.165, 1.54) is 6.07 Å². The van der Waals surface area contributed by atoms with Gasteiger partial charge in [-0.25, -0.2) is 13.6 Å². The SMILES string of the molecule is O=C1NC(c2cc(F)ccc2Cl)c2c(NC(=O)N3CC(O)(C(F)(F)F)c4cc(F)ccc43)cc(-c3ccc4c(c3)cc3n4CCN3)cc21. The van der Waals surface area contributed by atoms with Crippen molar-refractivity contribution >= 4 is 51.6 Å². The largest absolute Gasteiger partial charge is 0.423 e. The van der Waals surface area contributed by atoms with Crippen LogP contribution in [-0.2, 0) is 12.1 Å². The van der Waals surface area contributed by atoms with Gasteiger partial charge in [0.2, 0.25) is 5.60 Å². The van der Waals surface area contributed by atoms with Crippen LogP contribution in [0.1, 0.15) is 33.1 Å². The minimum Gasteiger partial charge on any atom is -0.375 e. The molecule has 1 aromatic heterocycles. The van der Waals surface area contributed by atoms with Crippen LogP contribution in [-0.4, -0.2) is 40.9 Å². The number of hydrogen-bond acceptors (Lipinski definition) is 4. The van der Waals surface area contributed by atoms with Gasteiger partial charge in [-0.2, -0.15) is 13.2 Å². The molecule has 4 aromatic carbocycles. The van der Waals surface area contributed by atoms with E-state index in [2.05, 4.69) is 20.5 Å². The van der Waals surface area contributed by atoms with Crippen LogP contribution in [0.5, 0.6) is 0 Å². The number of carbonyl (C=O) groups is 2. The zero-order valence-corrected chi connectivity index (χ0v) is 25.3. The fourth-order valence-corrected chi connectivity index (χ4v) is 7.11. The lowest BCUT2D eigenvalue weighted by atomic mass is 9.92. The molecule has 244 valence electrons. The molecular formula is C34H23ClF5N5O3. The third kappa shape index (κ3) is 4.52. The lowest BCUT2D eigenvalue weighted by Crippen LogP contribution is -2.48. The number of β-amino-alcohol motifs (C(OH)–C–C–N with tert-alkyl or cyclic N) is 1. The topological polar surface area (TPSA) is 98.6 Å². The number of aromatic nitrogens is 1. The molecule has 8 nitrogen and oxygen atoms in total. The van der Waals surface area contributed by atoms with Gasteiger partial charge in [0, 0.05) is 57.0 Å². The van der Waals surface area contributed by atoms with Gasteiger partial charge in [0.15, 0.2) is 0 Å². The summed E-state index contributed by atoms with van der Waals surface area (Å²) in [5.74, 6) is -1.24. The van der Waals surface area contributed by atoms with Crippen molar-refractivity contribution < 1.29 is 36.6 Å². The Hall–Kier alpha value is -5.14. The predicted molar refractivity (Wildman–Crippen MR) is 169 cm³/mol. The summed E-state index contributed by atoms with van der Waals surface area (Å²) in [6.45, 7) is 0.361. The second kappa shape index (κ2) is 10.4. The highest BCUT2D eigenvalue weighted by Crippen LogP contribution is 2.49. The van der Waals surface area contributed by atoms with Crippen molar-refractivity contribution in [3.8, 4) is 11.1 Å². The Labute approximate surface area is 273 Å². The number of rotatable bonds is 3. The second-order valence-corrected chi connectivity index (χ2v) is 12.4. The number of anilines is 3. The van der Waals surface area contributed by atoms with E-state index in [-0.39, 0.29) is 33.1 Å². The number of carbonyl (C=O) groups excluding carboxylic acids is 2. The first kappa shape index (κ1) is 30.2. The molecule has 0 radical (unpaired) electrons. The number of urea groups is 1. The molecule has 0 fully saturated rings. The molecule has 0 aliphatic carbocycles. The van der Waals surface area contributed by atoms with Gasteiger partial charge in [-0.15, -0.1) is 0 Å². The second-order valence-electron chi connectivity index (χ2n) is 12.0. The molecule has 48 heavy (non-hydrogen) atoms. The third-order valence-corrected chi connectivity index (χ3v) is 9.52. The maximum absolute atomic E-state index is 14.4. The highest BCUT2D eigenvalue weighted by molar-refractivity contribution is 6.31. The van der Waals surface area contributed by atoms with Crippen LogP contribution in [0.15, 0.2) is 72.8 Å². The molecule has 2 unspecified atom stereocenters. The summed E-state index contributed by atoms with van der Waals surface area (Å²) in [7, 11) is 0. The van der Waals surface area contributed by atoms with Gasteiger partial charge < -0.3 is 25.6 Å². The number of fused-ring (bicyclic) bond motifs is 5. The first-order valence-corrected chi connectivity index (χ1v) is 15.2. The van der Waals surface area contributed by atoms with Crippen molar-refractivity contribution in [3.63, 3.8) is 0 Å². The van der Waals surface area contributed by atoms with Gasteiger partial charge in [0.05, 0.1) is 18.3 Å². The molecule has 4 N–H and O–H groups in total. The fourth-order valence-electron chi connectivity index (χ4n) is 6.89. The highest BCUT2D eigenvalue weighted by atomic mass is 35.5. The van der Waals surface area contributed by atoms with Gasteiger partial charge >= 0.3 is 12.2 Å². The van der Waals surface area contributed by atoms with Crippen LogP contribution < -0.4 is 20.9 Å². The minimum absolute atomic E-state index is 0.0310. The van der Waals surface area contributed by atoms with Crippen LogP contribution in [0.4, 0.5) is 43.9 Å². The highest BCUT2D eigenvalue weighted by Gasteiger charge is 2.61. The van der Waals surface area contributed by atoms with E-state index in [4.69, 9.17) is 11.6 Å². The summed E-state index contributed by atoms with van der Waals surface area (Å²) in [6, 6.07) is 14.8. The summed E-state index contributed by atoms with van der Waals surface area (Å²) >= 11 is 6.42. The van der Waals surface area contributed by atoms with E-state index >= 15 is 0 Å². The number of amides is 3. The zero-order chi connectivity index (χ0) is 33.7. The number of benzene rings is 4. The van der Waals surface area contributed by atoms with Crippen molar-refractivity contribution in [1.82, 2.24) is 9.88 Å². The van der Waals surface area contributed by atoms with Crippen LogP contribution in [0.2, 0.25) is 5.02 Å². The molecule has 8 rings (SSSR count). The summed E-state index contributed by atoms with van der Waals surface area (Å²) in [5.41, 5.74) is -1.96. The molecule has 4 heterocycles. The Balaban J connectivity index is 1.26. The molecule has 3 aliphatic heterocycles. The average Bonchev–Trinajstić information content (AvgIpc) is 3.79. The van der Waals surface area contributed by atoms with Crippen molar-refractivity contribution in [1.29, 1.82) is 0 Å². The predicted octanol–water partition coefficient (Wildman–Crippen LogP) is 7.30. The summed E-state index contributed by atoms with van der Waals surface area (Å²) in [6.07, 6.45) is -5.24. The fraction of sp³-hybridized carbons (Fsp3) is 0.176. The number of nitrogens with zero attached hydrogens (tertiary/aromatic N) is 2. The van der Waals surface area contributed by atoms with Crippen molar-refractivity contribution in [2.45, 2.75) is 24.4 Å². The molecule has 3 aliphatic rings. The van der Waals surface area contributed by atoms with Crippen LogP contribution in [0, 0.1) is 11.6 Å². The number of hydrogen-bond donors (Lipinski definition) is 4. The molecule has 14 heteroatoms. The maximum atomic E-state index is 14.4. The van der Waals surface area contributed by atoms with E-state index < -0.39 is 53.5 Å². The summed E-state index contributed by atoms with van der Waals surface area (Å²) < 4.78 is 73.0.